The highest BCUT2D eigenvalue weighted by Crippen LogP contribution is 2.40. The summed E-state index contributed by atoms with van der Waals surface area (Å²) >= 11 is 0. The molecule has 0 aliphatic heterocycles. The van der Waals surface area contributed by atoms with Crippen LogP contribution in [0, 0.1) is 17.2 Å². The Morgan fingerprint density at radius 1 is 1.09 bits per heavy atom. The van der Waals surface area contributed by atoms with Crippen molar-refractivity contribution < 1.29 is 26.3 Å². The number of rotatable bonds is 8. The van der Waals surface area contributed by atoms with E-state index in [4.69, 9.17) is 4.74 Å². The molecule has 5 rings (SSSR count). The molecule has 2 aromatic carbocycles. The Morgan fingerprint density at radius 2 is 1.79 bits per heavy atom. The van der Waals surface area contributed by atoms with E-state index in [1.54, 1.807) is 36.4 Å². The Hall–Kier alpha value is -3.19. The molecule has 1 N–H and O–H groups in total. The lowest BCUT2D eigenvalue weighted by Crippen LogP contribution is -2.19. The van der Waals surface area contributed by atoms with E-state index in [0.717, 1.165) is 18.4 Å². The van der Waals surface area contributed by atoms with Crippen LogP contribution in [0.1, 0.15) is 31.2 Å². The molecule has 0 radical (unpaired) electrons. The maximum absolute atomic E-state index is 12.6. The molecule has 2 aliphatic carbocycles. The van der Waals surface area contributed by atoms with Gasteiger partial charge in [0.15, 0.2) is 6.61 Å². The first-order valence-corrected chi connectivity index (χ1v) is 12.6. The number of hydrogen-bond donors (Lipinski definition) is 1. The normalized spacial score (nSPS) is 16.4. The smallest absolute Gasteiger partial charge is 0.422 e. The molecule has 1 heterocycles. The van der Waals surface area contributed by atoms with E-state index in [-0.39, 0.29) is 11.0 Å². The molecule has 0 unspecified atom stereocenters. The van der Waals surface area contributed by atoms with Crippen molar-refractivity contribution in [3.8, 4) is 23.1 Å². The molecule has 178 valence electrons. The van der Waals surface area contributed by atoms with Gasteiger partial charge >= 0.3 is 6.18 Å². The summed E-state index contributed by atoms with van der Waals surface area (Å²) in [6.07, 6.45) is -1.03. The number of aromatic nitrogens is 1. The largest absolute Gasteiger partial charge is 0.484 e. The Kier molecular flexibility index (Phi) is 5.47. The summed E-state index contributed by atoms with van der Waals surface area (Å²) in [7, 11) is -3.39. The zero-order valence-electron chi connectivity index (χ0n) is 18.1. The van der Waals surface area contributed by atoms with Crippen LogP contribution in [0.25, 0.3) is 22.2 Å². The molecule has 0 spiro atoms. The lowest BCUT2D eigenvalue weighted by atomic mass is 10.1. The van der Waals surface area contributed by atoms with Gasteiger partial charge in [0.2, 0.25) is 10.0 Å². The van der Waals surface area contributed by atoms with E-state index in [1.807, 2.05) is 4.57 Å². The fourth-order valence-corrected chi connectivity index (χ4v) is 5.46. The lowest BCUT2D eigenvalue weighted by molar-refractivity contribution is -0.153. The third-order valence-corrected chi connectivity index (χ3v) is 7.94. The van der Waals surface area contributed by atoms with Crippen LogP contribution in [0.3, 0.4) is 0 Å². The summed E-state index contributed by atoms with van der Waals surface area (Å²) in [6, 6.07) is 13.7. The average Bonchev–Trinajstić information content (AvgIpc) is 3.69. The number of nitrogens with one attached hydrogen (secondary N) is 1. The zero-order valence-corrected chi connectivity index (χ0v) is 18.9. The summed E-state index contributed by atoms with van der Waals surface area (Å²) in [6.45, 7) is -0.760. The number of sulfonamides is 1. The summed E-state index contributed by atoms with van der Waals surface area (Å²) in [5, 5.41) is 10.3. The highest BCUT2D eigenvalue weighted by atomic mass is 32.2. The predicted octanol–water partition coefficient (Wildman–Crippen LogP) is 5.44. The van der Waals surface area contributed by atoms with Crippen LogP contribution in [0.15, 0.2) is 42.5 Å². The minimum Gasteiger partial charge on any atom is -0.484 e. The molecule has 34 heavy (non-hydrogen) atoms. The summed E-state index contributed by atoms with van der Waals surface area (Å²) in [5.41, 5.74) is 2.89. The number of fused-ring (bicyclic) bond motifs is 1. The van der Waals surface area contributed by atoms with Crippen LogP contribution >= 0.6 is 0 Å². The van der Waals surface area contributed by atoms with E-state index >= 15 is 0 Å². The standard InChI is InChI=1S/C24H22F3N3O3S/c25-24(26,27)14-33-18-7-10-20-21(12-28)23(30(22(20)11-18)13-15-1-2-15)16-3-5-17(6-4-16)29-34(31,32)19-8-9-19/h3-7,10-11,15,19,29H,1-2,8-9,13-14H2. The van der Waals surface area contributed by atoms with Crippen molar-refractivity contribution >= 4 is 26.6 Å². The van der Waals surface area contributed by atoms with E-state index in [9.17, 15) is 26.9 Å². The predicted molar refractivity (Wildman–Crippen MR) is 122 cm³/mol. The first-order chi connectivity index (χ1) is 16.1. The van der Waals surface area contributed by atoms with Crippen LogP contribution in [0.4, 0.5) is 18.9 Å². The highest BCUT2D eigenvalue weighted by molar-refractivity contribution is 7.93. The molecule has 2 aliphatic rings. The Labute approximate surface area is 195 Å². The van der Waals surface area contributed by atoms with Crippen molar-refractivity contribution in [1.29, 1.82) is 5.26 Å². The monoisotopic (exact) mass is 489 g/mol. The van der Waals surface area contributed by atoms with Gasteiger partial charge in [-0.25, -0.2) is 8.42 Å². The van der Waals surface area contributed by atoms with Gasteiger partial charge in [-0.3, -0.25) is 4.72 Å². The number of hydrogen-bond acceptors (Lipinski definition) is 4. The third-order valence-electron chi connectivity index (χ3n) is 6.07. The van der Waals surface area contributed by atoms with Gasteiger partial charge in [-0.05, 0) is 61.4 Å². The molecule has 0 bridgehead atoms. The molecule has 6 nitrogen and oxygen atoms in total. The Balaban J connectivity index is 1.54. The van der Waals surface area contributed by atoms with Gasteiger partial charge in [-0.15, -0.1) is 0 Å². The summed E-state index contributed by atoms with van der Waals surface area (Å²) in [5.74, 6) is 0.519. The lowest BCUT2D eigenvalue weighted by Gasteiger charge is -2.13. The van der Waals surface area contributed by atoms with Gasteiger partial charge in [0.25, 0.3) is 0 Å². The molecule has 0 amide bonds. The summed E-state index contributed by atoms with van der Waals surface area (Å²) < 4.78 is 71.8. The maximum atomic E-state index is 12.6. The first kappa shape index (κ1) is 22.6. The van der Waals surface area contributed by atoms with Crippen molar-refractivity contribution in [3.05, 3.63) is 48.0 Å². The van der Waals surface area contributed by atoms with Gasteiger partial charge in [-0.1, -0.05) is 12.1 Å². The molecular weight excluding hydrogens is 467 g/mol. The third kappa shape index (κ3) is 4.71. The fraction of sp³-hybridized carbons (Fsp3) is 0.375. The van der Waals surface area contributed by atoms with E-state index < -0.39 is 22.8 Å². The average molecular weight is 490 g/mol. The van der Waals surface area contributed by atoms with Crippen LogP contribution in [-0.4, -0.2) is 31.0 Å². The SMILES string of the molecule is N#Cc1c(-c2ccc(NS(=O)(=O)C3CC3)cc2)n(CC2CC2)c2cc(OCC(F)(F)F)ccc12. The van der Waals surface area contributed by atoms with E-state index in [2.05, 4.69) is 10.8 Å². The van der Waals surface area contributed by atoms with Gasteiger partial charge in [-0.2, -0.15) is 18.4 Å². The highest BCUT2D eigenvalue weighted by Gasteiger charge is 2.35. The molecule has 0 saturated heterocycles. The minimum absolute atomic E-state index is 0.0836. The quantitative estimate of drug-likeness (QED) is 0.457. The number of nitrogens with zero attached hydrogens (tertiary/aromatic N) is 2. The molecule has 3 aromatic rings. The number of nitriles is 1. The molecular formula is C24H22F3N3O3S. The van der Waals surface area contributed by atoms with E-state index in [1.165, 1.54) is 6.07 Å². The fourth-order valence-electron chi connectivity index (χ4n) is 4.07. The van der Waals surface area contributed by atoms with Gasteiger partial charge < -0.3 is 9.30 Å². The number of benzene rings is 2. The van der Waals surface area contributed by atoms with Crippen molar-refractivity contribution in [2.24, 2.45) is 5.92 Å². The van der Waals surface area contributed by atoms with Gasteiger partial charge in [0.05, 0.1) is 22.0 Å². The topological polar surface area (TPSA) is 84.1 Å². The molecule has 2 saturated carbocycles. The maximum Gasteiger partial charge on any atom is 0.422 e. The number of ether oxygens (including phenoxy) is 1. The van der Waals surface area contributed by atoms with Crippen LogP contribution in [0.2, 0.25) is 0 Å². The number of anilines is 1. The second-order valence-electron chi connectivity index (χ2n) is 8.90. The second kappa shape index (κ2) is 8.24. The number of alkyl halides is 3. The molecule has 10 heteroatoms. The van der Waals surface area contributed by atoms with E-state index in [0.29, 0.717) is 53.2 Å². The number of halogens is 3. The van der Waals surface area contributed by atoms with Crippen molar-refractivity contribution in [2.75, 3.05) is 11.3 Å². The summed E-state index contributed by atoms with van der Waals surface area (Å²) in [4.78, 5) is 0. The molecule has 0 atom stereocenters. The first-order valence-electron chi connectivity index (χ1n) is 11.0. The zero-order chi connectivity index (χ0) is 24.1. The van der Waals surface area contributed by atoms with Crippen LogP contribution in [0.5, 0.6) is 5.75 Å². The van der Waals surface area contributed by atoms with Crippen LogP contribution in [-0.2, 0) is 16.6 Å². The van der Waals surface area contributed by atoms with Crippen molar-refractivity contribution in [3.63, 3.8) is 0 Å². The van der Waals surface area contributed by atoms with Crippen molar-refractivity contribution in [1.82, 2.24) is 4.57 Å². The van der Waals surface area contributed by atoms with Gasteiger partial charge in [0, 0.05) is 23.7 Å². The van der Waals surface area contributed by atoms with Crippen LogP contribution < -0.4 is 9.46 Å². The Morgan fingerprint density at radius 3 is 2.38 bits per heavy atom. The Bertz CT molecular complexity index is 1380. The molecule has 2 fully saturated rings. The second-order valence-corrected chi connectivity index (χ2v) is 10.9. The van der Waals surface area contributed by atoms with Crippen molar-refractivity contribution in [2.45, 2.75) is 43.7 Å². The minimum atomic E-state index is -4.45. The van der Waals surface area contributed by atoms with Gasteiger partial charge in [0.1, 0.15) is 11.8 Å². The molecule has 1 aromatic heterocycles.